The van der Waals surface area contributed by atoms with Crippen molar-refractivity contribution in [2.24, 2.45) is 11.8 Å². The van der Waals surface area contributed by atoms with Gasteiger partial charge in [0.2, 0.25) is 0 Å². The third kappa shape index (κ3) is 14.3. The number of rotatable bonds is 16. The van der Waals surface area contributed by atoms with Gasteiger partial charge in [-0.2, -0.15) is 0 Å². The first kappa shape index (κ1) is 28.7. The van der Waals surface area contributed by atoms with Crippen LogP contribution in [0.15, 0.2) is 12.2 Å². The van der Waals surface area contributed by atoms with E-state index in [2.05, 4.69) is 19.1 Å². The van der Waals surface area contributed by atoms with Gasteiger partial charge in [0, 0.05) is 11.9 Å². The monoisotopic (exact) mass is 416 g/mol. The van der Waals surface area contributed by atoms with Crippen LogP contribution >= 0.6 is 0 Å². The van der Waals surface area contributed by atoms with Gasteiger partial charge in [-0.3, -0.25) is 4.79 Å². The van der Waals surface area contributed by atoms with Gasteiger partial charge in [-0.05, 0) is 44.9 Å². The van der Waals surface area contributed by atoms with E-state index in [1.165, 1.54) is 64.2 Å². The van der Waals surface area contributed by atoms with E-state index >= 15 is 0 Å². The molecule has 1 saturated carbocycles. The van der Waals surface area contributed by atoms with Crippen LogP contribution in [0.5, 0.6) is 0 Å². The van der Waals surface area contributed by atoms with Crippen molar-refractivity contribution in [1.82, 2.24) is 0 Å². The molecule has 2 atom stereocenters. The Bertz CT molecular complexity index is 450. The summed E-state index contributed by atoms with van der Waals surface area (Å²) in [6.45, 7) is 2.65. The summed E-state index contributed by atoms with van der Waals surface area (Å²) < 4.78 is 5.33. The molecule has 0 aromatic rings. The van der Waals surface area contributed by atoms with Crippen molar-refractivity contribution in [3.63, 3.8) is 0 Å². The molecule has 1 aliphatic rings. The molecule has 29 heavy (non-hydrogen) atoms. The molecule has 0 heterocycles. The molecule has 0 bridgehead atoms. The van der Waals surface area contributed by atoms with Crippen LogP contribution in [0.3, 0.4) is 0 Å². The van der Waals surface area contributed by atoms with Crippen molar-refractivity contribution in [2.45, 2.75) is 110 Å². The third-order valence-electron chi connectivity index (χ3n) is 5.77. The van der Waals surface area contributed by atoms with Crippen LogP contribution in [0.1, 0.15) is 110 Å². The third-order valence-corrected chi connectivity index (χ3v) is 5.77. The fourth-order valence-electron chi connectivity index (χ4n) is 3.97. The molecule has 4 nitrogen and oxygen atoms in total. The molecule has 0 aromatic carbocycles. The molecule has 0 spiro atoms. The minimum atomic E-state index is -1.10. The van der Waals surface area contributed by atoms with E-state index in [1.807, 2.05) is 0 Å². The average Bonchev–Trinajstić information content (AvgIpc) is 2.70. The number of hydrogen-bond acceptors (Lipinski definition) is 4. The second kappa shape index (κ2) is 19.6. The number of allylic oxidation sites excluding steroid dienone is 2. The molecule has 5 heteroatoms. The molecule has 0 N–H and O–H groups in total. The molecule has 1 rings (SSSR count). The van der Waals surface area contributed by atoms with Crippen LogP contribution in [-0.4, -0.2) is 18.5 Å². The Kier molecular flexibility index (Phi) is 19.4. The number of hydrogen-bond donors (Lipinski definition) is 0. The largest absolute Gasteiger partial charge is 1.00 e. The van der Waals surface area contributed by atoms with E-state index in [1.54, 1.807) is 0 Å². The molecule has 0 saturated heterocycles. The summed E-state index contributed by atoms with van der Waals surface area (Å²) in [4.78, 5) is 23.3. The van der Waals surface area contributed by atoms with Gasteiger partial charge in [-0.15, -0.1) is 0 Å². The van der Waals surface area contributed by atoms with Crippen molar-refractivity contribution in [3.05, 3.63) is 12.2 Å². The van der Waals surface area contributed by atoms with Gasteiger partial charge in [0.1, 0.15) is 0 Å². The summed E-state index contributed by atoms with van der Waals surface area (Å²) in [6.07, 6.45) is 22.2. The first-order valence-electron chi connectivity index (χ1n) is 11.7. The number of esters is 1. The van der Waals surface area contributed by atoms with Gasteiger partial charge in [0.05, 0.1) is 12.5 Å². The number of carboxylic acid groups (broad SMARTS) is 1. The topological polar surface area (TPSA) is 66.4 Å². The van der Waals surface area contributed by atoms with Crippen LogP contribution in [-0.2, 0) is 14.3 Å². The van der Waals surface area contributed by atoms with Crippen molar-refractivity contribution in [2.75, 3.05) is 6.61 Å². The minimum absolute atomic E-state index is 0. The molecular weight excluding hydrogens is 375 g/mol. The zero-order chi connectivity index (χ0) is 20.5. The van der Waals surface area contributed by atoms with Crippen LogP contribution in [0.2, 0.25) is 0 Å². The first-order valence-corrected chi connectivity index (χ1v) is 11.7. The van der Waals surface area contributed by atoms with Crippen LogP contribution in [0, 0.1) is 11.8 Å². The predicted molar refractivity (Wildman–Crippen MR) is 112 cm³/mol. The number of carbonyl (C=O) groups excluding carboxylic acids is 2. The minimum Gasteiger partial charge on any atom is -0.550 e. The predicted octanol–water partition coefficient (Wildman–Crippen LogP) is 2.35. The summed E-state index contributed by atoms with van der Waals surface area (Å²) in [5.74, 6) is -2.60. The molecule has 0 amide bonds. The van der Waals surface area contributed by atoms with E-state index in [4.69, 9.17) is 4.74 Å². The van der Waals surface area contributed by atoms with Gasteiger partial charge in [-0.25, -0.2) is 0 Å². The van der Waals surface area contributed by atoms with Crippen molar-refractivity contribution in [1.29, 1.82) is 0 Å². The van der Waals surface area contributed by atoms with Crippen LogP contribution in [0.4, 0.5) is 0 Å². The van der Waals surface area contributed by atoms with Crippen molar-refractivity contribution in [3.8, 4) is 0 Å². The van der Waals surface area contributed by atoms with E-state index < -0.39 is 17.8 Å². The first-order chi connectivity index (χ1) is 13.7. The number of carboxylic acids is 1. The Hall–Kier alpha value is -0.320. The summed E-state index contributed by atoms with van der Waals surface area (Å²) >= 11 is 0. The van der Waals surface area contributed by atoms with E-state index in [-0.39, 0.29) is 35.5 Å². The second-order valence-corrected chi connectivity index (χ2v) is 8.21. The number of carbonyl (C=O) groups is 2. The van der Waals surface area contributed by atoms with Crippen molar-refractivity contribution < 1.29 is 49.0 Å². The summed E-state index contributed by atoms with van der Waals surface area (Å²) in [5, 5.41) is 11.2. The van der Waals surface area contributed by atoms with E-state index in [9.17, 15) is 14.7 Å². The van der Waals surface area contributed by atoms with E-state index in [0.717, 1.165) is 25.7 Å². The Morgan fingerprint density at radius 2 is 1.34 bits per heavy atom. The molecule has 0 aromatic heterocycles. The maximum Gasteiger partial charge on any atom is 1.00 e. The van der Waals surface area contributed by atoms with E-state index in [0.29, 0.717) is 19.4 Å². The summed E-state index contributed by atoms with van der Waals surface area (Å²) in [5.41, 5.74) is 0. The molecule has 1 aliphatic carbocycles. The Morgan fingerprint density at radius 1 is 0.828 bits per heavy atom. The van der Waals surface area contributed by atoms with Gasteiger partial charge in [0.25, 0.3) is 0 Å². The van der Waals surface area contributed by atoms with Gasteiger partial charge < -0.3 is 14.6 Å². The molecule has 1 fully saturated rings. The molecule has 162 valence electrons. The van der Waals surface area contributed by atoms with Crippen molar-refractivity contribution >= 4 is 11.9 Å². The zero-order valence-corrected chi connectivity index (χ0v) is 21.0. The van der Waals surface area contributed by atoms with Crippen LogP contribution in [0.25, 0.3) is 0 Å². The number of unbranched alkanes of at least 4 members (excludes halogenated alkanes) is 10. The Balaban J connectivity index is 0.00000784. The summed E-state index contributed by atoms with van der Waals surface area (Å²) in [6, 6.07) is 0. The summed E-state index contributed by atoms with van der Waals surface area (Å²) in [7, 11) is 0. The Morgan fingerprint density at radius 3 is 1.93 bits per heavy atom. The quantitative estimate of drug-likeness (QED) is 0.168. The molecular formula is C24H41NaO4. The normalized spacial score (nSPS) is 19.1. The Labute approximate surface area is 200 Å². The number of ether oxygens (including phenoxy) is 1. The fraction of sp³-hybridized carbons (Fsp3) is 0.833. The molecule has 0 aliphatic heterocycles. The smallest absolute Gasteiger partial charge is 0.550 e. The van der Waals surface area contributed by atoms with Gasteiger partial charge >= 0.3 is 35.5 Å². The van der Waals surface area contributed by atoms with Gasteiger partial charge in [-0.1, -0.05) is 76.9 Å². The zero-order valence-electron chi connectivity index (χ0n) is 19.0. The molecule has 2 unspecified atom stereocenters. The maximum atomic E-state index is 12.1. The standard InChI is InChI=1S/C24H42O4.Na/c1-2-3-4-5-6-7-8-9-10-11-12-13-14-17-20-28-24(27)22-19-16-15-18-21(22)23(25)26;/h6-7,21-22H,2-5,8-20H2,1H3,(H,25,26);/q;+1/p-1/b7-6+;. The SMILES string of the molecule is CCCCC/C=C/CCCCCCCCCOC(=O)C1CCCCC1C(=O)[O-].[Na+]. The average molecular weight is 417 g/mol. The van der Waals surface area contributed by atoms with Gasteiger partial charge in [0.15, 0.2) is 0 Å². The fourth-order valence-corrected chi connectivity index (χ4v) is 3.97. The second-order valence-electron chi connectivity index (χ2n) is 8.21. The molecule has 0 radical (unpaired) electrons. The van der Waals surface area contributed by atoms with Crippen LogP contribution < -0.4 is 34.7 Å². The maximum absolute atomic E-state index is 12.1. The number of aliphatic carboxylic acids is 1.